The summed E-state index contributed by atoms with van der Waals surface area (Å²) in [6, 6.07) is 8.55. The van der Waals surface area contributed by atoms with Crippen molar-refractivity contribution in [2.45, 2.75) is 32.2 Å². The van der Waals surface area contributed by atoms with Crippen molar-refractivity contribution in [2.75, 3.05) is 26.4 Å². The topological polar surface area (TPSA) is 30.5 Å². The van der Waals surface area contributed by atoms with Crippen LogP contribution >= 0.6 is 0 Å². The van der Waals surface area contributed by atoms with Gasteiger partial charge >= 0.3 is 0 Å². The molecule has 1 atom stereocenters. The molecule has 1 aromatic carbocycles. The Morgan fingerprint density at radius 1 is 1.21 bits per heavy atom. The van der Waals surface area contributed by atoms with Gasteiger partial charge in [-0.05, 0) is 44.0 Å². The lowest BCUT2D eigenvalue weighted by molar-refractivity contribution is -0.120. The molecule has 0 saturated carbocycles. The van der Waals surface area contributed by atoms with Crippen LogP contribution in [-0.4, -0.2) is 26.4 Å². The fraction of sp³-hybridized carbons (Fsp3) is 0.625. The van der Waals surface area contributed by atoms with Gasteiger partial charge in [-0.1, -0.05) is 19.1 Å². The number of benzene rings is 1. The highest BCUT2D eigenvalue weighted by Crippen LogP contribution is 2.32. The van der Waals surface area contributed by atoms with Crippen LogP contribution in [0.4, 0.5) is 0 Å². The lowest BCUT2D eigenvalue weighted by atomic mass is 9.90. The van der Waals surface area contributed by atoms with Crippen LogP contribution in [-0.2, 0) is 10.3 Å². The highest BCUT2D eigenvalue weighted by Gasteiger charge is 2.34. The van der Waals surface area contributed by atoms with Crippen molar-refractivity contribution in [1.29, 1.82) is 0 Å². The van der Waals surface area contributed by atoms with Gasteiger partial charge in [0, 0.05) is 11.0 Å². The zero-order valence-electron chi connectivity index (χ0n) is 11.9. The van der Waals surface area contributed by atoms with Gasteiger partial charge in [-0.3, -0.25) is 0 Å². The molecule has 0 aliphatic carbocycles. The minimum absolute atomic E-state index is 0.145. The van der Waals surface area contributed by atoms with E-state index < -0.39 is 0 Å². The van der Waals surface area contributed by atoms with E-state index in [0.29, 0.717) is 0 Å². The molecule has 2 saturated heterocycles. The number of hydrogen-bond donors (Lipinski definition) is 1. The maximum absolute atomic E-state index is 5.86. The lowest BCUT2D eigenvalue weighted by Gasteiger charge is -2.37. The van der Waals surface area contributed by atoms with Crippen LogP contribution in [0.5, 0.6) is 5.75 Å². The molecule has 1 unspecified atom stereocenters. The number of ether oxygens (including phenoxy) is 2. The van der Waals surface area contributed by atoms with E-state index >= 15 is 0 Å². The summed E-state index contributed by atoms with van der Waals surface area (Å²) in [7, 11) is 0. The zero-order valence-corrected chi connectivity index (χ0v) is 11.9. The predicted molar refractivity (Wildman–Crippen MR) is 75.5 cm³/mol. The summed E-state index contributed by atoms with van der Waals surface area (Å²) in [5, 5.41) is 3.59. The fourth-order valence-electron chi connectivity index (χ4n) is 2.85. The van der Waals surface area contributed by atoms with E-state index in [1.165, 1.54) is 18.4 Å². The van der Waals surface area contributed by atoms with Gasteiger partial charge in [-0.15, -0.1) is 0 Å². The second-order valence-electron chi connectivity index (χ2n) is 6.48. The van der Waals surface area contributed by atoms with E-state index in [9.17, 15) is 0 Å². The van der Waals surface area contributed by atoms with Crippen molar-refractivity contribution in [3.8, 4) is 5.75 Å². The molecule has 2 aliphatic rings. The van der Waals surface area contributed by atoms with Gasteiger partial charge in [0.1, 0.15) is 5.75 Å². The second kappa shape index (κ2) is 4.80. The van der Waals surface area contributed by atoms with Crippen LogP contribution in [0.15, 0.2) is 24.3 Å². The van der Waals surface area contributed by atoms with E-state index in [0.717, 1.165) is 32.1 Å². The highest BCUT2D eigenvalue weighted by atomic mass is 16.5. The fourth-order valence-corrected chi connectivity index (χ4v) is 2.85. The largest absolute Gasteiger partial charge is 0.493 e. The Morgan fingerprint density at radius 2 is 1.95 bits per heavy atom. The molecule has 3 rings (SSSR count). The van der Waals surface area contributed by atoms with Crippen LogP contribution in [0, 0.1) is 5.41 Å². The molecule has 19 heavy (non-hydrogen) atoms. The van der Waals surface area contributed by atoms with Gasteiger partial charge in [0.25, 0.3) is 0 Å². The van der Waals surface area contributed by atoms with Gasteiger partial charge < -0.3 is 14.8 Å². The Bertz CT molecular complexity index is 431. The molecule has 3 nitrogen and oxygen atoms in total. The molecule has 0 aromatic heterocycles. The van der Waals surface area contributed by atoms with Crippen LogP contribution in [0.2, 0.25) is 0 Å². The summed E-state index contributed by atoms with van der Waals surface area (Å²) in [5.41, 5.74) is 1.71. The Kier molecular flexibility index (Phi) is 3.27. The quantitative estimate of drug-likeness (QED) is 0.904. The Balaban J connectivity index is 1.62. The molecule has 0 amide bonds. The van der Waals surface area contributed by atoms with Gasteiger partial charge in [-0.2, -0.15) is 0 Å². The third-order valence-corrected chi connectivity index (χ3v) is 4.35. The molecular formula is C16H23NO2. The van der Waals surface area contributed by atoms with Crippen molar-refractivity contribution in [3.05, 3.63) is 29.8 Å². The Morgan fingerprint density at radius 3 is 2.47 bits per heavy atom. The minimum atomic E-state index is 0.145. The molecule has 2 fully saturated rings. The van der Waals surface area contributed by atoms with Crippen LogP contribution < -0.4 is 10.1 Å². The van der Waals surface area contributed by atoms with E-state index in [2.05, 4.69) is 43.4 Å². The van der Waals surface area contributed by atoms with Crippen LogP contribution in [0.3, 0.4) is 0 Å². The third-order valence-electron chi connectivity index (χ3n) is 4.35. The smallest absolute Gasteiger partial charge is 0.119 e. The SMILES string of the molecule is CC1(COc2ccc(C3(C)CCCN3)cc2)COC1. The van der Waals surface area contributed by atoms with Gasteiger partial charge in [0.2, 0.25) is 0 Å². The highest BCUT2D eigenvalue weighted by molar-refractivity contribution is 5.32. The van der Waals surface area contributed by atoms with E-state index in [1.807, 2.05) is 0 Å². The molecule has 1 aromatic rings. The van der Waals surface area contributed by atoms with Crippen LogP contribution in [0.25, 0.3) is 0 Å². The van der Waals surface area contributed by atoms with Crippen LogP contribution in [0.1, 0.15) is 32.3 Å². The molecule has 3 heteroatoms. The molecule has 1 N–H and O–H groups in total. The average molecular weight is 261 g/mol. The minimum Gasteiger partial charge on any atom is -0.493 e. The maximum Gasteiger partial charge on any atom is 0.119 e. The number of hydrogen-bond acceptors (Lipinski definition) is 3. The first kappa shape index (κ1) is 12.9. The summed E-state index contributed by atoms with van der Waals surface area (Å²) >= 11 is 0. The number of rotatable bonds is 4. The molecule has 2 aliphatic heterocycles. The maximum atomic E-state index is 5.86. The van der Waals surface area contributed by atoms with E-state index in [1.54, 1.807) is 0 Å². The zero-order chi connectivity index (χ0) is 13.3. The number of nitrogens with one attached hydrogen (secondary N) is 1. The van der Waals surface area contributed by atoms with Crippen molar-refractivity contribution < 1.29 is 9.47 Å². The molecule has 0 bridgehead atoms. The van der Waals surface area contributed by atoms with Crippen molar-refractivity contribution in [1.82, 2.24) is 5.32 Å². The molecule has 104 valence electrons. The molecule has 2 heterocycles. The first-order chi connectivity index (χ1) is 9.10. The van der Waals surface area contributed by atoms with Crippen molar-refractivity contribution in [3.63, 3.8) is 0 Å². The lowest BCUT2D eigenvalue weighted by Crippen LogP contribution is -2.44. The molecule has 0 spiro atoms. The van der Waals surface area contributed by atoms with Gasteiger partial charge in [0.15, 0.2) is 0 Å². The summed E-state index contributed by atoms with van der Waals surface area (Å²) in [6.45, 7) is 7.96. The second-order valence-corrected chi connectivity index (χ2v) is 6.48. The molecular weight excluding hydrogens is 238 g/mol. The van der Waals surface area contributed by atoms with Gasteiger partial charge in [0.05, 0.1) is 19.8 Å². The average Bonchev–Trinajstić information content (AvgIpc) is 2.83. The first-order valence-corrected chi connectivity index (χ1v) is 7.16. The molecule has 0 radical (unpaired) electrons. The summed E-state index contributed by atoms with van der Waals surface area (Å²) in [4.78, 5) is 0. The Labute approximate surface area is 115 Å². The monoisotopic (exact) mass is 261 g/mol. The summed E-state index contributed by atoms with van der Waals surface area (Å²) in [5.74, 6) is 0.957. The van der Waals surface area contributed by atoms with E-state index in [4.69, 9.17) is 9.47 Å². The van der Waals surface area contributed by atoms with Gasteiger partial charge in [-0.25, -0.2) is 0 Å². The van der Waals surface area contributed by atoms with Crippen molar-refractivity contribution in [2.24, 2.45) is 5.41 Å². The first-order valence-electron chi connectivity index (χ1n) is 7.16. The third kappa shape index (κ3) is 2.63. The predicted octanol–water partition coefficient (Wildman–Crippen LogP) is 2.70. The normalized spacial score (nSPS) is 28.9. The summed E-state index contributed by atoms with van der Waals surface area (Å²) in [6.07, 6.45) is 2.47. The van der Waals surface area contributed by atoms with Crippen molar-refractivity contribution >= 4 is 0 Å². The standard InChI is InChI=1S/C16H23NO2/c1-15(10-18-11-15)12-19-14-6-4-13(5-7-14)16(2)8-3-9-17-16/h4-7,17H,3,8-12H2,1-2H3. The Hall–Kier alpha value is -1.06. The summed E-state index contributed by atoms with van der Waals surface area (Å²) < 4.78 is 11.1. The van der Waals surface area contributed by atoms with E-state index in [-0.39, 0.29) is 11.0 Å².